The first kappa shape index (κ1) is 12.6. The summed E-state index contributed by atoms with van der Waals surface area (Å²) in [5.41, 5.74) is 2.40. The number of hydrogen-bond donors (Lipinski definition) is 0. The molecule has 0 spiro atoms. The Labute approximate surface area is 108 Å². The van der Waals surface area contributed by atoms with E-state index in [1.54, 1.807) is 6.20 Å². The van der Waals surface area contributed by atoms with Crippen LogP contribution in [0.1, 0.15) is 37.3 Å². The van der Waals surface area contributed by atoms with Gasteiger partial charge >= 0.3 is 0 Å². The summed E-state index contributed by atoms with van der Waals surface area (Å²) < 4.78 is 5.84. The molecule has 0 aliphatic carbocycles. The van der Waals surface area contributed by atoms with Crippen LogP contribution in [0, 0.1) is 6.92 Å². The molecule has 0 amide bonds. The van der Waals surface area contributed by atoms with Gasteiger partial charge in [0.05, 0.1) is 0 Å². The second-order valence-corrected chi connectivity index (χ2v) is 4.51. The highest BCUT2D eigenvalue weighted by atomic mass is 16.5. The first-order valence-corrected chi connectivity index (χ1v) is 6.26. The molecule has 0 saturated carbocycles. The predicted octanol–water partition coefficient (Wildman–Crippen LogP) is 4.09. The number of aromatic nitrogens is 2. The molecule has 1 aromatic carbocycles. The lowest BCUT2D eigenvalue weighted by Gasteiger charge is -2.15. The molecule has 0 bridgehead atoms. The third-order valence-corrected chi connectivity index (χ3v) is 3.07. The van der Waals surface area contributed by atoms with E-state index < -0.39 is 0 Å². The second kappa shape index (κ2) is 5.63. The molecular formula is C15H18N2O. The van der Waals surface area contributed by atoms with Crippen LogP contribution in [-0.4, -0.2) is 10.2 Å². The van der Waals surface area contributed by atoms with E-state index in [4.69, 9.17) is 4.74 Å². The lowest BCUT2D eigenvalue weighted by molar-refractivity contribution is 0.444. The minimum Gasteiger partial charge on any atom is -0.437 e. The van der Waals surface area contributed by atoms with Crippen molar-refractivity contribution >= 4 is 0 Å². The van der Waals surface area contributed by atoms with E-state index in [-0.39, 0.29) is 0 Å². The minimum absolute atomic E-state index is 0.470. The molecule has 2 rings (SSSR count). The zero-order valence-electron chi connectivity index (χ0n) is 11.1. The fourth-order valence-corrected chi connectivity index (χ4v) is 1.81. The van der Waals surface area contributed by atoms with Crippen molar-refractivity contribution in [2.24, 2.45) is 0 Å². The molecule has 2 aromatic rings. The van der Waals surface area contributed by atoms with E-state index in [9.17, 15) is 0 Å². The number of aryl methyl sites for hydroxylation is 1. The molecule has 1 atom stereocenters. The Morgan fingerprint density at radius 3 is 2.78 bits per heavy atom. The first-order chi connectivity index (χ1) is 8.70. The van der Waals surface area contributed by atoms with Gasteiger partial charge in [0.15, 0.2) is 0 Å². The Morgan fingerprint density at radius 2 is 2.11 bits per heavy atom. The van der Waals surface area contributed by atoms with Crippen LogP contribution in [0.25, 0.3) is 0 Å². The lowest BCUT2D eigenvalue weighted by Crippen LogP contribution is -1.98. The molecule has 0 aliphatic rings. The highest BCUT2D eigenvalue weighted by Gasteiger charge is 2.11. The van der Waals surface area contributed by atoms with Gasteiger partial charge in [-0.2, -0.15) is 5.10 Å². The summed E-state index contributed by atoms with van der Waals surface area (Å²) >= 11 is 0. The van der Waals surface area contributed by atoms with Crippen LogP contribution >= 0.6 is 0 Å². The predicted molar refractivity (Wildman–Crippen MR) is 72.0 cm³/mol. The number of benzene rings is 1. The van der Waals surface area contributed by atoms with Gasteiger partial charge in [-0.3, -0.25) is 0 Å². The number of nitrogens with zero attached hydrogens (tertiary/aromatic N) is 2. The van der Waals surface area contributed by atoms with Gasteiger partial charge in [0.2, 0.25) is 5.88 Å². The number of ether oxygens (including phenoxy) is 1. The van der Waals surface area contributed by atoms with E-state index in [1.807, 2.05) is 12.1 Å². The maximum absolute atomic E-state index is 5.84. The van der Waals surface area contributed by atoms with Crippen LogP contribution in [0.2, 0.25) is 0 Å². The SMILES string of the molecule is CCC(C)c1ccc(C)cc1Oc1cccnn1. The molecule has 0 fully saturated rings. The number of hydrogen-bond acceptors (Lipinski definition) is 3. The summed E-state index contributed by atoms with van der Waals surface area (Å²) in [4.78, 5) is 0. The molecular weight excluding hydrogens is 224 g/mol. The molecule has 0 saturated heterocycles. The van der Waals surface area contributed by atoms with Crippen LogP contribution in [0.4, 0.5) is 0 Å². The molecule has 1 heterocycles. The van der Waals surface area contributed by atoms with Crippen molar-refractivity contribution in [2.75, 3.05) is 0 Å². The average molecular weight is 242 g/mol. The van der Waals surface area contributed by atoms with Crippen molar-refractivity contribution in [3.05, 3.63) is 47.7 Å². The van der Waals surface area contributed by atoms with E-state index >= 15 is 0 Å². The van der Waals surface area contributed by atoms with Crippen molar-refractivity contribution in [3.63, 3.8) is 0 Å². The van der Waals surface area contributed by atoms with Crippen LogP contribution in [0.15, 0.2) is 36.5 Å². The summed E-state index contributed by atoms with van der Waals surface area (Å²) in [6, 6.07) is 9.94. The zero-order chi connectivity index (χ0) is 13.0. The maximum Gasteiger partial charge on any atom is 0.238 e. The normalized spacial score (nSPS) is 12.2. The first-order valence-electron chi connectivity index (χ1n) is 6.26. The minimum atomic E-state index is 0.470. The summed E-state index contributed by atoms with van der Waals surface area (Å²) in [6.45, 7) is 6.44. The number of rotatable bonds is 4. The standard InChI is InChI=1S/C15H18N2O/c1-4-12(3)13-8-7-11(2)10-14(13)18-15-6-5-9-16-17-15/h5-10,12H,4H2,1-3H3. The smallest absolute Gasteiger partial charge is 0.238 e. The van der Waals surface area contributed by atoms with Gasteiger partial charge in [0.25, 0.3) is 0 Å². The fourth-order valence-electron chi connectivity index (χ4n) is 1.81. The van der Waals surface area contributed by atoms with Crippen molar-refractivity contribution in [3.8, 4) is 11.6 Å². The third kappa shape index (κ3) is 2.86. The van der Waals surface area contributed by atoms with Gasteiger partial charge in [0, 0.05) is 12.3 Å². The molecule has 1 unspecified atom stereocenters. The Hall–Kier alpha value is -1.90. The lowest BCUT2D eigenvalue weighted by atomic mass is 9.96. The van der Waals surface area contributed by atoms with Crippen LogP contribution in [0.5, 0.6) is 11.6 Å². The Bertz CT molecular complexity index is 511. The second-order valence-electron chi connectivity index (χ2n) is 4.51. The average Bonchev–Trinajstić information content (AvgIpc) is 2.39. The van der Waals surface area contributed by atoms with Gasteiger partial charge in [-0.15, -0.1) is 5.10 Å². The molecule has 18 heavy (non-hydrogen) atoms. The Morgan fingerprint density at radius 1 is 1.28 bits per heavy atom. The van der Waals surface area contributed by atoms with E-state index in [2.05, 4.69) is 49.2 Å². The van der Waals surface area contributed by atoms with E-state index in [0.717, 1.165) is 12.2 Å². The maximum atomic E-state index is 5.84. The van der Waals surface area contributed by atoms with E-state index in [0.29, 0.717) is 11.8 Å². The van der Waals surface area contributed by atoms with Crippen molar-refractivity contribution in [2.45, 2.75) is 33.1 Å². The van der Waals surface area contributed by atoms with E-state index in [1.165, 1.54) is 11.1 Å². The van der Waals surface area contributed by atoms with Crippen molar-refractivity contribution in [1.82, 2.24) is 10.2 Å². The summed E-state index contributed by atoms with van der Waals surface area (Å²) in [7, 11) is 0. The van der Waals surface area contributed by atoms with Crippen LogP contribution in [-0.2, 0) is 0 Å². The van der Waals surface area contributed by atoms with Crippen molar-refractivity contribution < 1.29 is 4.74 Å². The zero-order valence-corrected chi connectivity index (χ0v) is 11.1. The van der Waals surface area contributed by atoms with Gasteiger partial charge < -0.3 is 4.74 Å². The van der Waals surface area contributed by atoms with Gasteiger partial charge in [-0.05, 0) is 42.5 Å². The topological polar surface area (TPSA) is 35.0 Å². The molecule has 0 radical (unpaired) electrons. The Balaban J connectivity index is 2.33. The quantitative estimate of drug-likeness (QED) is 0.810. The molecule has 0 aliphatic heterocycles. The fraction of sp³-hybridized carbons (Fsp3) is 0.333. The Kier molecular flexibility index (Phi) is 3.92. The molecule has 3 heteroatoms. The molecule has 0 N–H and O–H groups in total. The summed E-state index contributed by atoms with van der Waals surface area (Å²) in [5, 5.41) is 7.78. The van der Waals surface area contributed by atoms with Crippen LogP contribution < -0.4 is 4.74 Å². The molecule has 94 valence electrons. The van der Waals surface area contributed by atoms with Crippen LogP contribution in [0.3, 0.4) is 0 Å². The van der Waals surface area contributed by atoms with Gasteiger partial charge in [-0.1, -0.05) is 26.0 Å². The van der Waals surface area contributed by atoms with Crippen molar-refractivity contribution in [1.29, 1.82) is 0 Å². The van der Waals surface area contributed by atoms with Gasteiger partial charge in [0.1, 0.15) is 5.75 Å². The largest absolute Gasteiger partial charge is 0.437 e. The highest BCUT2D eigenvalue weighted by Crippen LogP contribution is 2.32. The third-order valence-electron chi connectivity index (χ3n) is 3.07. The van der Waals surface area contributed by atoms with Gasteiger partial charge in [-0.25, -0.2) is 0 Å². The highest BCUT2D eigenvalue weighted by molar-refractivity contribution is 5.41. The molecule has 3 nitrogen and oxygen atoms in total. The monoisotopic (exact) mass is 242 g/mol. The molecule has 1 aromatic heterocycles. The summed E-state index contributed by atoms with van der Waals surface area (Å²) in [5.74, 6) is 1.88. The summed E-state index contributed by atoms with van der Waals surface area (Å²) in [6.07, 6.45) is 2.72.